The van der Waals surface area contributed by atoms with E-state index in [-0.39, 0.29) is 5.54 Å². The molecule has 2 aliphatic heterocycles. The van der Waals surface area contributed by atoms with Gasteiger partial charge in [0.15, 0.2) is 5.17 Å². The Bertz CT molecular complexity index is 525. The van der Waals surface area contributed by atoms with Crippen LogP contribution >= 0.6 is 11.8 Å². The Morgan fingerprint density at radius 1 is 1.35 bits per heavy atom. The summed E-state index contributed by atoms with van der Waals surface area (Å²) in [5, 5.41) is 4.48. The van der Waals surface area contributed by atoms with E-state index in [4.69, 9.17) is 14.5 Å². The van der Waals surface area contributed by atoms with Gasteiger partial charge in [0.1, 0.15) is 5.75 Å². The summed E-state index contributed by atoms with van der Waals surface area (Å²) in [7, 11) is 1.69. The second-order valence-corrected chi connectivity index (χ2v) is 6.31. The molecule has 2 heterocycles. The highest BCUT2D eigenvalue weighted by Crippen LogP contribution is 2.36. The molecule has 1 N–H and O–H groups in total. The average Bonchev–Trinajstić information content (AvgIpc) is 2.84. The molecule has 1 aromatic carbocycles. The van der Waals surface area contributed by atoms with E-state index in [0.29, 0.717) is 0 Å². The number of rotatable bonds is 2. The fourth-order valence-corrected chi connectivity index (χ4v) is 3.77. The predicted octanol–water partition coefficient (Wildman–Crippen LogP) is 3.07. The number of methoxy groups -OCH3 is 1. The smallest absolute Gasteiger partial charge is 0.161 e. The molecule has 4 nitrogen and oxygen atoms in total. The zero-order valence-electron chi connectivity index (χ0n) is 11.9. The van der Waals surface area contributed by atoms with Crippen LogP contribution in [0.1, 0.15) is 18.4 Å². The van der Waals surface area contributed by atoms with Crippen molar-refractivity contribution in [1.29, 1.82) is 0 Å². The Morgan fingerprint density at radius 2 is 2.15 bits per heavy atom. The highest BCUT2D eigenvalue weighted by atomic mass is 32.2. The van der Waals surface area contributed by atoms with Gasteiger partial charge in [-0.2, -0.15) is 0 Å². The molecule has 108 valence electrons. The maximum Gasteiger partial charge on any atom is 0.161 e. The molecule has 0 atom stereocenters. The first-order valence-corrected chi connectivity index (χ1v) is 7.91. The van der Waals surface area contributed by atoms with Crippen LogP contribution in [-0.4, -0.2) is 36.8 Å². The molecule has 1 aromatic rings. The molecule has 0 radical (unpaired) electrons. The van der Waals surface area contributed by atoms with Gasteiger partial charge < -0.3 is 14.8 Å². The van der Waals surface area contributed by atoms with Gasteiger partial charge in [-0.1, -0.05) is 11.8 Å². The van der Waals surface area contributed by atoms with Gasteiger partial charge in [0.2, 0.25) is 0 Å². The zero-order valence-corrected chi connectivity index (χ0v) is 12.8. The summed E-state index contributed by atoms with van der Waals surface area (Å²) >= 11 is 1.81. The number of anilines is 1. The van der Waals surface area contributed by atoms with Crippen molar-refractivity contribution in [2.24, 2.45) is 4.99 Å². The molecule has 0 unspecified atom stereocenters. The molecular weight excluding hydrogens is 272 g/mol. The summed E-state index contributed by atoms with van der Waals surface area (Å²) in [6, 6.07) is 6.05. The topological polar surface area (TPSA) is 42.8 Å². The molecule has 5 heteroatoms. The van der Waals surface area contributed by atoms with Crippen LogP contribution in [0, 0.1) is 6.92 Å². The summed E-state index contributed by atoms with van der Waals surface area (Å²) in [5.74, 6) is 1.95. The number of amidine groups is 1. The van der Waals surface area contributed by atoms with Gasteiger partial charge in [0, 0.05) is 24.7 Å². The first-order valence-electron chi connectivity index (χ1n) is 6.93. The van der Waals surface area contributed by atoms with Crippen molar-refractivity contribution in [2.75, 3.05) is 31.4 Å². The molecule has 1 saturated heterocycles. The molecule has 0 bridgehead atoms. The van der Waals surface area contributed by atoms with Gasteiger partial charge in [-0.25, -0.2) is 0 Å². The van der Waals surface area contributed by atoms with E-state index in [1.807, 2.05) is 30.0 Å². The minimum atomic E-state index is 0.103. The summed E-state index contributed by atoms with van der Waals surface area (Å²) in [6.07, 6.45) is 2.07. The van der Waals surface area contributed by atoms with Crippen LogP contribution in [0.25, 0.3) is 0 Å². The second kappa shape index (κ2) is 5.66. The van der Waals surface area contributed by atoms with Crippen LogP contribution in [0.2, 0.25) is 0 Å². The number of aliphatic imine (C=N–C) groups is 1. The van der Waals surface area contributed by atoms with Gasteiger partial charge in [-0.05, 0) is 43.5 Å². The maximum absolute atomic E-state index is 5.44. The number of benzene rings is 1. The maximum atomic E-state index is 5.44. The third kappa shape index (κ3) is 2.79. The number of hydrogen-bond acceptors (Lipinski definition) is 5. The highest BCUT2D eigenvalue weighted by molar-refractivity contribution is 8.14. The molecular formula is C15H20N2O2S. The average molecular weight is 292 g/mol. The number of aryl methyl sites for hydroxylation is 1. The van der Waals surface area contributed by atoms with Crippen LogP contribution in [0.3, 0.4) is 0 Å². The fourth-order valence-electron chi connectivity index (χ4n) is 2.57. The van der Waals surface area contributed by atoms with Crippen LogP contribution in [-0.2, 0) is 4.74 Å². The van der Waals surface area contributed by atoms with E-state index in [1.165, 1.54) is 5.56 Å². The summed E-state index contributed by atoms with van der Waals surface area (Å²) < 4.78 is 10.7. The lowest BCUT2D eigenvalue weighted by atomic mass is 9.93. The van der Waals surface area contributed by atoms with E-state index in [0.717, 1.165) is 48.4 Å². The Morgan fingerprint density at radius 3 is 2.85 bits per heavy atom. The zero-order chi connectivity index (χ0) is 14.0. The minimum Gasteiger partial charge on any atom is -0.497 e. The summed E-state index contributed by atoms with van der Waals surface area (Å²) in [6.45, 7) is 3.74. The molecule has 2 aliphatic rings. The van der Waals surface area contributed by atoms with Crippen LogP contribution in [0.5, 0.6) is 5.75 Å². The molecule has 0 saturated carbocycles. The largest absolute Gasteiger partial charge is 0.497 e. The highest BCUT2D eigenvalue weighted by Gasteiger charge is 2.37. The summed E-state index contributed by atoms with van der Waals surface area (Å²) in [5.41, 5.74) is 2.37. The quantitative estimate of drug-likeness (QED) is 0.909. The van der Waals surface area contributed by atoms with Gasteiger partial charge in [-0.15, -0.1) is 0 Å². The van der Waals surface area contributed by atoms with Crippen molar-refractivity contribution >= 4 is 22.6 Å². The molecule has 3 rings (SSSR count). The standard InChI is InChI=1S/C15H20N2O2S/c1-11-9-12(18-2)3-4-13(11)16-14-17-15(10-20-14)5-7-19-8-6-15/h3-4,9H,5-8,10H2,1-2H3,(H,16,17). The third-order valence-corrected chi connectivity index (χ3v) is 5.06. The number of ether oxygens (including phenoxy) is 2. The van der Waals surface area contributed by atoms with Crippen LogP contribution < -0.4 is 10.1 Å². The van der Waals surface area contributed by atoms with Gasteiger partial charge in [-0.3, -0.25) is 4.99 Å². The van der Waals surface area contributed by atoms with Crippen molar-refractivity contribution in [3.05, 3.63) is 23.8 Å². The third-order valence-electron chi connectivity index (χ3n) is 3.91. The Labute approximate surface area is 123 Å². The molecule has 0 amide bonds. The Balaban J connectivity index is 1.73. The monoisotopic (exact) mass is 292 g/mol. The lowest BCUT2D eigenvalue weighted by Crippen LogP contribution is -2.34. The number of thioether (sulfide) groups is 1. The Kier molecular flexibility index (Phi) is 3.89. The van der Waals surface area contributed by atoms with Crippen molar-refractivity contribution in [1.82, 2.24) is 0 Å². The van der Waals surface area contributed by atoms with E-state index in [9.17, 15) is 0 Å². The number of nitrogens with zero attached hydrogens (tertiary/aromatic N) is 1. The summed E-state index contributed by atoms with van der Waals surface area (Å²) in [4.78, 5) is 4.92. The van der Waals surface area contributed by atoms with Crippen molar-refractivity contribution < 1.29 is 9.47 Å². The molecule has 1 spiro atoms. The fraction of sp³-hybridized carbons (Fsp3) is 0.533. The van der Waals surface area contributed by atoms with Crippen molar-refractivity contribution in [3.63, 3.8) is 0 Å². The van der Waals surface area contributed by atoms with Crippen molar-refractivity contribution in [3.8, 4) is 5.75 Å². The van der Waals surface area contributed by atoms with E-state index < -0.39 is 0 Å². The first-order chi connectivity index (χ1) is 9.71. The van der Waals surface area contributed by atoms with Crippen molar-refractivity contribution in [2.45, 2.75) is 25.3 Å². The molecule has 0 aliphatic carbocycles. The Hall–Kier alpha value is -1.20. The molecule has 20 heavy (non-hydrogen) atoms. The SMILES string of the molecule is COc1ccc(NC2=NC3(CCOCC3)CS2)c(C)c1. The lowest BCUT2D eigenvalue weighted by molar-refractivity contribution is 0.0624. The molecule has 0 aromatic heterocycles. The van der Waals surface area contributed by atoms with E-state index in [2.05, 4.69) is 12.2 Å². The second-order valence-electron chi connectivity index (χ2n) is 5.35. The lowest BCUT2D eigenvalue weighted by Gasteiger charge is -2.29. The predicted molar refractivity (Wildman–Crippen MR) is 84.0 cm³/mol. The first kappa shape index (κ1) is 13.8. The minimum absolute atomic E-state index is 0.103. The van der Waals surface area contributed by atoms with Gasteiger partial charge in [0.05, 0.1) is 12.6 Å². The normalized spacial score (nSPS) is 20.8. The van der Waals surface area contributed by atoms with Crippen LogP contribution in [0.15, 0.2) is 23.2 Å². The molecule has 1 fully saturated rings. The van der Waals surface area contributed by atoms with Crippen LogP contribution in [0.4, 0.5) is 5.69 Å². The van der Waals surface area contributed by atoms with Gasteiger partial charge in [0.25, 0.3) is 0 Å². The van der Waals surface area contributed by atoms with E-state index >= 15 is 0 Å². The van der Waals surface area contributed by atoms with Gasteiger partial charge >= 0.3 is 0 Å². The number of hydrogen-bond donors (Lipinski definition) is 1. The number of nitrogens with one attached hydrogen (secondary N) is 1. The van der Waals surface area contributed by atoms with E-state index in [1.54, 1.807) is 7.11 Å².